The minimum atomic E-state index is -0.656. The molecule has 0 amide bonds. The Morgan fingerprint density at radius 3 is 2.88 bits per heavy atom. The zero-order valence-corrected chi connectivity index (χ0v) is 11.4. The molecular weight excluding hydrogens is 307 g/mol. The SMILES string of the molecule is Cc1nnsc1C(O)Cc1ccc(F)cc1Br. The molecule has 1 heterocycles. The highest BCUT2D eigenvalue weighted by atomic mass is 79.9. The highest BCUT2D eigenvalue weighted by Crippen LogP contribution is 2.27. The van der Waals surface area contributed by atoms with Crippen molar-refractivity contribution in [2.45, 2.75) is 19.4 Å². The first-order chi connectivity index (χ1) is 8.08. The summed E-state index contributed by atoms with van der Waals surface area (Å²) in [5, 5.41) is 13.9. The molecule has 3 nitrogen and oxygen atoms in total. The second-order valence-corrected chi connectivity index (χ2v) is 5.32. The molecule has 1 aromatic carbocycles. The number of hydrogen-bond acceptors (Lipinski definition) is 4. The first-order valence-electron chi connectivity index (χ1n) is 4.98. The Morgan fingerprint density at radius 1 is 1.53 bits per heavy atom. The van der Waals surface area contributed by atoms with Crippen LogP contribution in [-0.4, -0.2) is 14.7 Å². The van der Waals surface area contributed by atoms with Gasteiger partial charge in [0.25, 0.3) is 0 Å². The monoisotopic (exact) mass is 316 g/mol. The number of aliphatic hydroxyl groups is 1. The maximum atomic E-state index is 12.9. The molecule has 1 N–H and O–H groups in total. The first-order valence-corrected chi connectivity index (χ1v) is 6.55. The van der Waals surface area contributed by atoms with E-state index in [2.05, 4.69) is 25.5 Å². The number of aliphatic hydroxyl groups excluding tert-OH is 1. The summed E-state index contributed by atoms with van der Waals surface area (Å²) in [6.07, 6.45) is -0.247. The zero-order valence-electron chi connectivity index (χ0n) is 9.02. The van der Waals surface area contributed by atoms with Crippen LogP contribution in [0.5, 0.6) is 0 Å². The molecule has 90 valence electrons. The van der Waals surface area contributed by atoms with E-state index in [1.54, 1.807) is 6.07 Å². The third kappa shape index (κ3) is 2.88. The Morgan fingerprint density at radius 2 is 2.29 bits per heavy atom. The predicted octanol–water partition coefficient (Wildman–Crippen LogP) is 3.02. The molecule has 17 heavy (non-hydrogen) atoms. The fourth-order valence-electron chi connectivity index (χ4n) is 1.53. The second-order valence-electron chi connectivity index (χ2n) is 3.68. The first kappa shape index (κ1) is 12.6. The van der Waals surface area contributed by atoms with Crippen LogP contribution in [0.3, 0.4) is 0 Å². The van der Waals surface area contributed by atoms with Crippen molar-refractivity contribution in [3.05, 3.63) is 44.6 Å². The Hall–Kier alpha value is -0.850. The van der Waals surface area contributed by atoms with Gasteiger partial charge in [0.2, 0.25) is 0 Å². The fraction of sp³-hybridized carbons (Fsp3) is 0.273. The minimum Gasteiger partial charge on any atom is -0.387 e. The van der Waals surface area contributed by atoms with Crippen LogP contribution < -0.4 is 0 Å². The van der Waals surface area contributed by atoms with E-state index >= 15 is 0 Å². The molecule has 1 atom stereocenters. The Bertz CT molecular complexity index is 532. The van der Waals surface area contributed by atoms with Crippen molar-refractivity contribution in [1.29, 1.82) is 0 Å². The zero-order chi connectivity index (χ0) is 12.4. The third-order valence-electron chi connectivity index (χ3n) is 2.42. The van der Waals surface area contributed by atoms with Crippen LogP contribution in [0.15, 0.2) is 22.7 Å². The molecular formula is C11H10BrFN2OS. The van der Waals surface area contributed by atoms with Crippen LogP contribution in [0, 0.1) is 12.7 Å². The molecule has 0 saturated carbocycles. The fourth-order valence-corrected chi connectivity index (χ4v) is 2.67. The molecule has 0 aliphatic heterocycles. The number of hydrogen-bond donors (Lipinski definition) is 1. The lowest BCUT2D eigenvalue weighted by Gasteiger charge is -2.10. The van der Waals surface area contributed by atoms with Crippen LogP contribution in [0.4, 0.5) is 4.39 Å². The number of halogens is 2. The number of rotatable bonds is 3. The highest BCUT2D eigenvalue weighted by molar-refractivity contribution is 9.10. The largest absolute Gasteiger partial charge is 0.387 e. The number of benzene rings is 1. The quantitative estimate of drug-likeness (QED) is 0.946. The molecule has 0 aliphatic rings. The Balaban J connectivity index is 2.19. The van der Waals surface area contributed by atoms with Crippen molar-refractivity contribution < 1.29 is 9.50 Å². The standard InChI is InChI=1S/C11H10BrFN2OS/c1-6-11(17-15-14-6)10(16)4-7-2-3-8(13)5-9(7)12/h2-3,5,10,16H,4H2,1H3. The van der Waals surface area contributed by atoms with Crippen LogP contribution in [-0.2, 0) is 6.42 Å². The summed E-state index contributed by atoms with van der Waals surface area (Å²) in [6.45, 7) is 1.81. The molecule has 1 unspecified atom stereocenters. The Labute approximate surface area is 111 Å². The van der Waals surface area contributed by atoms with Crippen molar-refractivity contribution >= 4 is 27.5 Å². The van der Waals surface area contributed by atoms with E-state index in [-0.39, 0.29) is 5.82 Å². The summed E-state index contributed by atoms with van der Waals surface area (Å²) in [4.78, 5) is 0.751. The van der Waals surface area contributed by atoms with Gasteiger partial charge in [-0.3, -0.25) is 0 Å². The maximum Gasteiger partial charge on any atom is 0.124 e. The van der Waals surface area contributed by atoms with Gasteiger partial charge in [0.15, 0.2) is 0 Å². The summed E-state index contributed by atoms with van der Waals surface area (Å²) in [7, 11) is 0. The lowest BCUT2D eigenvalue weighted by Crippen LogP contribution is -2.02. The van der Waals surface area contributed by atoms with Gasteiger partial charge in [0, 0.05) is 10.9 Å². The summed E-state index contributed by atoms with van der Waals surface area (Å²) in [5.74, 6) is -0.300. The van der Waals surface area contributed by atoms with E-state index in [0.717, 1.165) is 16.1 Å². The van der Waals surface area contributed by atoms with Crippen molar-refractivity contribution in [2.75, 3.05) is 0 Å². The average molecular weight is 317 g/mol. The van der Waals surface area contributed by atoms with Crippen molar-refractivity contribution in [1.82, 2.24) is 9.59 Å². The van der Waals surface area contributed by atoms with Gasteiger partial charge in [0.1, 0.15) is 5.82 Å². The summed E-state index contributed by atoms with van der Waals surface area (Å²) in [5.41, 5.74) is 1.59. The maximum absolute atomic E-state index is 12.9. The highest BCUT2D eigenvalue weighted by Gasteiger charge is 2.16. The molecule has 2 rings (SSSR count). The molecule has 0 radical (unpaired) electrons. The average Bonchev–Trinajstić information content (AvgIpc) is 2.68. The lowest BCUT2D eigenvalue weighted by atomic mass is 10.1. The van der Waals surface area contributed by atoms with Gasteiger partial charge in [0.05, 0.1) is 16.7 Å². The van der Waals surface area contributed by atoms with Crippen LogP contribution in [0.25, 0.3) is 0 Å². The second kappa shape index (κ2) is 5.20. The van der Waals surface area contributed by atoms with Crippen LogP contribution in [0.2, 0.25) is 0 Å². The van der Waals surface area contributed by atoms with Crippen LogP contribution in [0.1, 0.15) is 22.2 Å². The topological polar surface area (TPSA) is 46.0 Å². The van der Waals surface area contributed by atoms with Gasteiger partial charge in [-0.15, -0.1) is 5.10 Å². The van der Waals surface area contributed by atoms with E-state index < -0.39 is 6.10 Å². The molecule has 2 aromatic rings. The molecule has 0 saturated heterocycles. The summed E-state index contributed by atoms with van der Waals surface area (Å²) in [6, 6.07) is 4.43. The van der Waals surface area contributed by atoms with Crippen molar-refractivity contribution in [3.63, 3.8) is 0 Å². The van der Waals surface area contributed by atoms with Gasteiger partial charge in [-0.2, -0.15) is 0 Å². The molecule has 6 heteroatoms. The van der Waals surface area contributed by atoms with Gasteiger partial charge in [-0.05, 0) is 36.2 Å². The normalized spacial score (nSPS) is 12.7. The van der Waals surface area contributed by atoms with E-state index in [1.807, 2.05) is 6.92 Å². The lowest BCUT2D eigenvalue weighted by molar-refractivity contribution is 0.181. The Kier molecular flexibility index (Phi) is 3.86. The van der Waals surface area contributed by atoms with E-state index in [9.17, 15) is 9.50 Å². The molecule has 0 fully saturated rings. The van der Waals surface area contributed by atoms with Gasteiger partial charge in [-0.25, -0.2) is 4.39 Å². The summed E-state index contributed by atoms with van der Waals surface area (Å²) >= 11 is 4.46. The van der Waals surface area contributed by atoms with Crippen molar-refractivity contribution in [2.24, 2.45) is 0 Å². The van der Waals surface area contributed by atoms with E-state index in [1.165, 1.54) is 23.7 Å². The predicted molar refractivity (Wildman–Crippen MR) is 67.4 cm³/mol. The van der Waals surface area contributed by atoms with Gasteiger partial charge >= 0.3 is 0 Å². The smallest absolute Gasteiger partial charge is 0.124 e. The molecule has 1 aromatic heterocycles. The van der Waals surface area contributed by atoms with Gasteiger partial charge in [-0.1, -0.05) is 26.5 Å². The van der Waals surface area contributed by atoms with Gasteiger partial charge < -0.3 is 5.11 Å². The molecule has 0 bridgehead atoms. The third-order valence-corrected chi connectivity index (χ3v) is 4.08. The number of aryl methyl sites for hydroxylation is 1. The minimum absolute atomic E-state index is 0.300. The summed E-state index contributed by atoms with van der Waals surface area (Å²) < 4.78 is 17.4. The van der Waals surface area contributed by atoms with Crippen LogP contribution >= 0.6 is 27.5 Å². The van der Waals surface area contributed by atoms with E-state index in [0.29, 0.717) is 10.9 Å². The molecule has 0 aliphatic carbocycles. The number of nitrogens with zero attached hydrogens (tertiary/aromatic N) is 2. The number of aromatic nitrogens is 2. The van der Waals surface area contributed by atoms with Crippen molar-refractivity contribution in [3.8, 4) is 0 Å². The van der Waals surface area contributed by atoms with E-state index in [4.69, 9.17) is 0 Å². The molecule has 0 spiro atoms.